The van der Waals surface area contributed by atoms with Crippen molar-refractivity contribution in [3.63, 3.8) is 0 Å². The van der Waals surface area contributed by atoms with Crippen LogP contribution in [0.5, 0.6) is 0 Å². The number of hydrogen-bond acceptors (Lipinski definition) is 5. The normalized spacial score (nSPS) is 13.9. The van der Waals surface area contributed by atoms with Gasteiger partial charge in [-0.2, -0.15) is 4.99 Å². The highest BCUT2D eigenvalue weighted by molar-refractivity contribution is 5.49. The fourth-order valence-corrected chi connectivity index (χ4v) is 1.31. The van der Waals surface area contributed by atoms with Crippen LogP contribution >= 0.6 is 0 Å². The van der Waals surface area contributed by atoms with E-state index in [9.17, 15) is 15.0 Å². The molecule has 0 aliphatic carbocycles. The lowest BCUT2D eigenvalue weighted by atomic mass is 10.0. The maximum Gasteiger partial charge on any atom is 0.240 e. The first kappa shape index (κ1) is 12.5. The minimum Gasteiger partial charge on any atom is -0.396 e. The predicted molar refractivity (Wildman–Crippen MR) is 56.9 cm³/mol. The first-order valence-electron chi connectivity index (χ1n) is 4.84. The van der Waals surface area contributed by atoms with Crippen molar-refractivity contribution in [3.8, 4) is 0 Å². The molecule has 0 saturated carbocycles. The number of aliphatic hydroxyl groups is 3. The highest BCUT2D eigenvalue weighted by Gasteiger charge is 2.17. The first-order chi connectivity index (χ1) is 7.69. The number of hydrogen-bond donors (Lipinski definition) is 3. The van der Waals surface area contributed by atoms with E-state index in [1.54, 1.807) is 12.1 Å². The molecule has 0 amide bonds. The smallest absolute Gasteiger partial charge is 0.240 e. The SMILES string of the molecule is O=C=Nc1ccc(C(O)C(O)CCO)cc1. The van der Waals surface area contributed by atoms with Crippen LogP contribution in [0.2, 0.25) is 0 Å². The van der Waals surface area contributed by atoms with Crippen molar-refractivity contribution < 1.29 is 20.1 Å². The molecule has 2 unspecified atom stereocenters. The largest absolute Gasteiger partial charge is 0.396 e. The van der Waals surface area contributed by atoms with Gasteiger partial charge in [0.1, 0.15) is 6.10 Å². The van der Waals surface area contributed by atoms with E-state index in [2.05, 4.69) is 4.99 Å². The maximum atomic E-state index is 9.98. The Hall–Kier alpha value is -1.52. The van der Waals surface area contributed by atoms with E-state index < -0.39 is 12.2 Å². The van der Waals surface area contributed by atoms with Gasteiger partial charge < -0.3 is 15.3 Å². The summed E-state index contributed by atoms with van der Waals surface area (Å²) >= 11 is 0. The van der Waals surface area contributed by atoms with Gasteiger partial charge in [0, 0.05) is 6.61 Å². The highest BCUT2D eigenvalue weighted by atomic mass is 16.3. The Morgan fingerprint density at radius 1 is 1.25 bits per heavy atom. The monoisotopic (exact) mass is 223 g/mol. The molecule has 0 aliphatic rings. The molecule has 16 heavy (non-hydrogen) atoms. The lowest BCUT2D eigenvalue weighted by molar-refractivity contribution is 0.00422. The Morgan fingerprint density at radius 3 is 2.38 bits per heavy atom. The summed E-state index contributed by atoms with van der Waals surface area (Å²) < 4.78 is 0. The Labute approximate surface area is 92.7 Å². The molecule has 0 aromatic heterocycles. The minimum absolute atomic E-state index is 0.107. The van der Waals surface area contributed by atoms with E-state index in [0.717, 1.165) is 0 Å². The average Bonchev–Trinajstić information content (AvgIpc) is 2.30. The summed E-state index contributed by atoms with van der Waals surface area (Å²) in [6, 6.07) is 6.19. The first-order valence-corrected chi connectivity index (χ1v) is 4.84. The molecule has 5 nitrogen and oxygen atoms in total. The number of rotatable bonds is 5. The molecule has 0 heterocycles. The Balaban J connectivity index is 2.76. The van der Waals surface area contributed by atoms with Crippen molar-refractivity contribution in [1.82, 2.24) is 0 Å². The number of aliphatic hydroxyl groups excluding tert-OH is 3. The second-order valence-corrected chi connectivity index (χ2v) is 3.32. The van der Waals surface area contributed by atoms with Crippen molar-refractivity contribution in [2.45, 2.75) is 18.6 Å². The number of carbonyl (C=O) groups excluding carboxylic acids is 1. The number of benzene rings is 1. The van der Waals surface area contributed by atoms with Gasteiger partial charge in [0.25, 0.3) is 0 Å². The number of aliphatic imine (C=N–C) groups is 1. The number of nitrogens with zero attached hydrogens (tertiary/aromatic N) is 1. The summed E-state index contributed by atoms with van der Waals surface area (Å²) in [5, 5.41) is 27.7. The lowest BCUT2D eigenvalue weighted by Crippen LogP contribution is -2.19. The van der Waals surface area contributed by atoms with Gasteiger partial charge >= 0.3 is 0 Å². The zero-order chi connectivity index (χ0) is 12.0. The van der Waals surface area contributed by atoms with Gasteiger partial charge in [-0.25, -0.2) is 4.79 Å². The summed E-state index contributed by atoms with van der Waals surface area (Å²) in [6.07, 6.45) is -0.551. The van der Waals surface area contributed by atoms with Gasteiger partial charge in [-0.15, -0.1) is 0 Å². The van der Waals surface area contributed by atoms with Crippen molar-refractivity contribution in [1.29, 1.82) is 0 Å². The highest BCUT2D eigenvalue weighted by Crippen LogP contribution is 2.21. The van der Waals surface area contributed by atoms with E-state index in [0.29, 0.717) is 11.3 Å². The summed E-state index contributed by atoms with van der Waals surface area (Å²) in [5.41, 5.74) is 0.938. The molecule has 1 rings (SSSR count). The molecule has 2 atom stereocenters. The van der Waals surface area contributed by atoms with Gasteiger partial charge in [-0.3, -0.25) is 0 Å². The van der Waals surface area contributed by atoms with Crippen LogP contribution in [0.4, 0.5) is 5.69 Å². The third-order valence-electron chi connectivity index (χ3n) is 2.20. The summed E-state index contributed by atoms with van der Waals surface area (Å²) in [6.45, 7) is -0.189. The third kappa shape index (κ3) is 3.25. The van der Waals surface area contributed by atoms with Crippen LogP contribution < -0.4 is 0 Å². The molecule has 1 aromatic carbocycles. The summed E-state index contributed by atoms with van der Waals surface area (Å²) in [7, 11) is 0. The van der Waals surface area contributed by atoms with Gasteiger partial charge in [0.2, 0.25) is 6.08 Å². The van der Waals surface area contributed by atoms with E-state index in [1.807, 2.05) is 0 Å². The second-order valence-electron chi connectivity index (χ2n) is 3.32. The molecule has 0 bridgehead atoms. The van der Waals surface area contributed by atoms with Crippen molar-refractivity contribution in [2.75, 3.05) is 6.61 Å². The van der Waals surface area contributed by atoms with Gasteiger partial charge in [0.15, 0.2) is 0 Å². The van der Waals surface area contributed by atoms with E-state index in [4.69, 9.17) is 5.11 Å². The maximum absolute atomic E-state index is 9.98. The summed E-state index contributed by atoms with van der Waals surface area (Å²) in [5.74, 6) is 0. The van der Waals surface area contributed by atoms with Gasteiger partial charge in [0.05, 0.1) is 11.8 Å². The van der Waals surface area contributed by atoms with Crippen LogP contribution in [0.25, 0.3) is 0 Å². The van der Waals surface area contributed by atoms with Gasteiger partial charge in [-0.05, 0) is 24.1 Å². The average molecular weight is 223 g/mol. The van der Waals surface area contributed by atoms with E-state index >= 15 is 0 Å². The van der Waals surface area contributed by atoms with Crippen LogP contribution in [-0.4, -0.2) is 34.1 Å². The van der Waals surface area contributed by atoms with Crippen LogP contribution in [0.3, 0.4) is 0 Å². The molecule has 1 aromatic rings. The molecule has 0 radical (unpaired) electrons. The predicted octanol–water partition coefficient (Wildman–Crippen LogP) is 0.431. The van der Waals surface area contributed by atoms with Crippen molar-refractivity contribution in [2.24, 2.45) is 4.99 Å². The van der Waals surface area contributed by atoms with Crippen LogP contribution in [-0.2, 0) is 4.79 Å². The summed E-state index contributed by atoms with van der Waals surface area (Å²) in [4.78, 5) is 13.4. The molecule has 86 valence electrons. The second kappa shape index (κ2) is 6.15. The topological polar surface area (TPSA) is 90.1 Å². The van der Waals surface area contributed by atoms with Crippen LogP contribution in [0, 0.1) is 0 Å². The Kier molecular flexibility index (Phi) is 4.82. The van der Waals surface area contributed by atoms with E-state index in [1.165, 1.54) is 18.2 Å². The lowest BCUT2D eigenvalue weighted by Gasteiger charge is -2.17. The Bertz CT molecular complexity index is 370. The molecular formula is C11H13NO4. The van der Waals surface area contributed by atoms with E-state index in [-0.39, 0.29) is 13.0 Å². The number of isocyanates is 1. The molecular weight excluding hydrogens is 210 g/mol. The zero-order valence-corrected chi connectivity index (χ0v) is 8.58. The minimum atomic E-state index is -1.05. The Morgan fingerprint density at radius 2 is 1.88 bits per heavy atom. The molecule has 5 heteroatoms. The van der Waals surface area contributed by atoms with Crippen LogP contribution in [0.1, 0.15) is 18.1 Å². The molecule has 0 saturated heterocycles. The quantitative estimate of drug-likeness (QED) is 0.498. The van der Waals surface area contributed by atoms with Gasteiger partial charge in [-0.1, -0.05) is 12.1 Å². The van der Waals surface area contributed by atoms with Crippen LogP contribution in [0.15, 0.2) is 29.3 Å². The fraction of sp³-hybridized carbons (Fsp3) is 0.364. The molecule has 0 fully saturated rings. The van der Waals surface area contributed by atoms with Crippen molar-refractivity contribution >= 4 is 11.8 Å². The fourth-order valence-electron chi connectivity index (χ4n) is 1.31. The molecule has 3 N–H and O–H groups in total. The zero-order valence-electron chi connectivity index (χ0n) is 8.58. The third-order valence-corrected chi connectivity index (χ3v) is 2.20. The molecule has 0 spiro atoms. The van der Waals surface area contributed by atoms with Crippen molar-refractivity contribution in [3.05, 3.63) is 29.8 Å². The standard InChI is InChI=1S/C11H13NO4/c13-6-5-10(15)11(16)8-1-3-9(4-2-8)12-7-14/h1-4,10-11,13,15-16H,5-6H2. The molecule has 0 aliphatic heterocycles.